The fraction of sp³-hybridized carbons (Fsp3) is 0.875. The smallest absolute Gasteiger partial charge is 0.429 e. The number of rotatable bonds is 4. The molecule has 0 rings (SSSR count). The number of hydrogen-bond acceptors (Lipinski definition) is 4. The summed E-state index contributed by atoms with van der Waals surface area (Å²) in [5, 5.41) is 1.19. The van der Waals surface area contributed by atoms with Crippen LogP contribution in [0.3, 0.4) is 0 Å². The predicted octanol–water partition coefficient (Wildman–Crippen LogP) is 4.10. The molecule has 0 aliphatic carbocycles. The van der Waals surface area contributed by atoms with Crippen LogP contribution in [0.5, 0.6) is 0 Å². The number of nitrogens with zero attached hydrogens (tertiary/aromatic N) is 1. The van der Waals surface area contributed by atoms with Crippen LogP contribution in [0.4, 0.5) is 9.59 Å². The molecule has 0 aromatic heterocycles. The topological polar surface area (TPSA) is 67.9 Å². The Kier molecular flexibility index (Phi) is 7.70. The molecular formula is C16H32N2O4. The number of amides is 2. The van der Waals surface area contributed by atoms with E-state index in [1.807, 2.05) is 6.92 Å². The van der Waals surface area contributed by atoms with Crippen LogP contribution in [-0.4, -0.2) is 34.9 Å². The number of carbonyl (C=O) groups excluding carboxylic acids is 2. The van der Waals surface area contributed by atoms with E-state index < -0.39 is 23.4 Å². The maximum atomic E-state index is 12.2. The zero-order chi connectivity index (χ0) is 17.6. The van der Waals surface area contributed by atoms with Crippen LogP contribution in [0.15, 0.2) is 0 Å². The SMILES string of the molecule is CCCC(C)CN(NC(=O)OC(C)(C)C)C(=O)OC(C)(C)C. The number of carbonyl (C=O) groups is 2. The first-order valence-corrected chi connectivity index (χ1v) is 7.84. The fourth-order valence-electron chi connectivity index (χ4n) is 1.79. The number of hydrazine groups is 1. The highest BCUT2D eigenvalue weighted by atomic mass is 16.6. The Morgan fingerprint density at radius 2 is 1.55 bits per heavy atom. The highest BCUT2D eigenvalue weighted by molar-refractivity contribution is 5.74. The molecule has 22 heavy (non-hydrogen) atoms. The van der Waals surface area contributed by atoms with E-state index in [-0.39, 0.29) is 5.92 Å². The summed E-state index contributed by atoms with van der Waals surface area (Å²) in [6.45, 7) is 15.1. The first-order chi connectivity index (χ1) is 9.84. The van der Waals surface area contributed by atoms with Gasteiger partial charge in [0.05, 0.1) is 0 Å². The summed E-state index contributed by atoms with van der Waals surface area (Å²) in [7, 11) is 0. The van der Waals surface area contributed by atoms with E-state index in [9.17, 15) is 9.59 Å². The average molecular weight is 316 g/mol. The van der Waals surface area contributed by atoms with E-state index in [1.54, 1.807) is 41.5 Å². The summed E-state index contributed by atoms with van der Waals surface area (Å²) in [6, 6.07) is 0. The highest BCUT2D eigenvalue weighted by Crippen LogP contribution is 2.13. The van der Waals surface area contributed by atoms with Gasteiger partial charge in [-0.1, -0.05) is 20.3 Å². The first-order valence-electron chi connectivity index (χ1n) is 7.84. The Morgan fingerprint density at radius 1 is 1.05 bits per heavy atom. The zero-order valence-corrected chi connectivity index (χ0v) is 15.3. The monoisotopic (exact) mass is 316 g/mol. The van der Waals surface area contributed by atoms with Crippen molar-refractivity contribution in [3.63, 3.8) is 0 Å². The summed E-state index contributed by atoms with van der Waals surface area (Å²) in [4.78, 5) is 24.1. The molecule has 0 aromatic carbocycles. The summed E-state index contributed by atoms with van der Waals surface area (Å²) >= 11 is 0. The minimum Gasteiger partial charge on any atom is -0.443 e. The molecule has 0 heterocycles. The van der Waals surface area contributed by atoms with Gasteiger partial charge in [0.2, 0.25) is 0 Å². The third-order valence-electron chi connectivity index (χ3n) is 2.51. The first kappa shape index (κ1) is 20.5. The Bertz CT molecular complexity index is 369. The van der Waals surface area contributed by atoms with Gasteiger partial charge in [-0.15, -0.1) is 0 Å². The van der Waals surface area contributed by atoms with Crippen molar-refractivity contribution >= 4 is 12.2 Å². The number of ether oxygens (including phenoxy) is 2. The number of nitrogens with one attached hydrogen (secondary N) is 1. The quantitative estimate of drug-likeness (QED) is 0.793. The molecule has 1 N–H and O–H groups in total. The van der Waals surface area contributed by atoms with Crippen LogP contribution < -0.4 is 5.43 Å². The molecule has 0 aromatic rings. The Hall–Kier alpha value is -1.46. The summed E-state index contributed by atoms with van der Waals surface area (Å²) in [6.07, 6.45) is 0.716. The molecule has 0 aliphatic heterocycles. The van der Waals surface area contributed by atoms with Gasteiger partial charge >= 0.3 is 12.2 Å². The second-order valence-corrected chi connectivity index (χ2v) is 7.60. The summed E-state index contributed by atoms with van der Waals surface area (Å²) in [5.41, 5.74) is 1.23. The maximum Gasteiger partial charge on any atom is 0.429 e. The maximum absolute atomic E-state index is 12.2. The predicted molar refractivity (Wildman–Crippen MR) is 86.4 cm³/mol. The molecule has 0 saturated carbocycles. The standard InChI is InChI=1S/C16H32N2O4/c1-9-10-12(2)11-18(14(20)22-16(6,7)8)17-13(19)21-15(3,4)5/h12H,9-11H2,1-8H3,(H,17,19). The lowest BCUT2D eigenvalue weighted by molar-refractivity contribution is -0.00183. The van der Waals surface area contributed by atoms with Gasteiger partial charge in [-0.3, -0.25) is 0 Å². The van der Waals surface area contributed by atoms with Crippen LogP contribution in [0.2, 0.25) is 0 Å². The van der Waals surface area contributed by atoms with Crippen LogP contribution in [0, 0.1) is 5.92 Å². The van der Waals surface area contributed by atoms with Gasteiger partial charge < -0.3 is 9.47 Å². The molecule has 1 unspecified atom stereocenters. The van der Waals surface area contributed by atoms with Crippen LogP contribution in [-0.2, 0) is 9.47 Å². The van der Waals surface area contributed by atoms with Crippen molar-refractivity contribution in [2.24, 2.45) is 5.92 Å². The molecule has 2 amide bonds. The van der Waals surface area contributed by atoms with Gasteiger partial charge in [0.1, 0.15) is 11.2 Å². The number of hydrogen-bond donors (Lipinski definition) is 1. The third-order valence-corrected chi connectivity index (χ3v) is 2.51. The van der Waals surface area contributed by atoms with E-state index in [0.29, 0.717) is 6.54 Å². The van der Waals surface area contributed by atoms with Crippen molar-refractivity contribution in [1.82, 2.24) is 10.4 Å². The van der Waals surface area contributed by atoms with Gasteiger partial charge in [0, 0.05) is 6.54 Å². The van der Waals surface area contributed by atoms with Gasteiger partial charge in [0.15, 0.2) is 0 Å². The Labute approximate surface area is 134 Å². The lowest BCUT2D eigenvalue weighted by Gasteiger charge is -2.30. The molecule has 130 valence electrons. The van der Waals surface area contributed by atoms with Crippen LogP contribution in [0.1, 0.15) is 68.2 Å². The van der Waals surface area contributed by atoms with Crippen molar-refractivity contribution < 1.29 is 19.1 Å². The van der Waals surface area contributed by atoms with E-state index in [0.717, 1.165) is 12.8 Å². The molecule has 0 saturated heterocycles. The fourth-order valence-corrected chi connectivity index (χ4v) is 1.79. The largest absolute Gasteiger partial charge is 0.443 e. The normalized spacial score (nSPS) is 13.3. The molecule has 6 heteroatoms. The highest BCUT2D eigenvalue weighted by Gasteiger charge is 2.26. The molecule has 0 aliphatic rings. The Morgan fingerprint density at radius 3 is 1.95 bits per heavy atom. The van der Waals surface area contributed by atoms with Gasteiger partial charge in [-0.25, -0.2) is 20.0 Å². The Balaban J connectivity index is 4.85. The van der Waals surface area contributed by atoms with E-state index in [1.165, 1.54) is 5.01 Å². The lowest BCUT2D eigenvalue weighted by Crippen LogP contribution is -2.51. The summed E-state index contributed by atoms with van der Waals surface area (Å²) < 4.78 is 10.5. The van der Waals surface area contributed by atoms with Crippen molar-refractivity contribution in [2.45, 2.75) is 79.4 Å². The molecule has 0 fully saturated rings. The molecule has 0 bridgehead atoms. The summed E-state index contributed by atoms with van der Waals surface area (Å²) in [5.74, 6) is 0.243. The van der Waals surface area contributed by atoms with Gasteiger partial charge in [-0.05, 0) is 53.9 Å². The molecule has 1 atom stereocenters. The molecule has 6 nitrogen and oxygen atoms in total. The minimum absolute atomic E-state index is 0.243. The van der Waals surface area contributed by atoms with E-state index in [4.69, 9.17) is 9.47 Å². The van der Waals surface area contributed by atoms with Crippen molar-refractivity contribution in [1.29, 1.82) is 0 Å². The van der Waals surface area contributed by atoms with Crippen molar-refractivity contribution in [3.05, 3.63) is 0 Å². The van der Waals surface area contributed by atoms with E-state index in [2.05, 4.69) is 12.3 Å². The van der Waals surface area contributed by atoms with Gasteiger partial charge in [-0.2, -0.15) is 0 Å². The van der Waals surface area contributed by atoms with Crippen LogP contribution in [0.25, 0.3) is 0 Å². The van der Waals surface area contributed by atoms with Crippen molar-refractivity contribution in [3.8, 4) is 0 Å². The third kappa shape index (κ3) is 10.3. The van der Waals surface area contributed by atoms with Gasteiger partial charge in [0.25, 0.3) is 0 Å². The minimum atomic E-state index is -0.665. The van der Waals surface area contributed by atoms with Crippen LogP contribution >= 0.6 is 0 Å². The second kappa shape index (κ2) is 8.25. The zero-order valence-electron chi connectivity index (χ0n) is 15.3. The molecular weight excluding hydrogens is 284 g/mol. The molecule has 0 radical (unpaired) electrons. The lowest BCUT2D eigenvalue weighted by atomic mass is 10.1. The van der Waals surface area contributed by atoms with E-state index >= 15 is 0 Å². The van der Waals surface area contributed by atoms with Crippen molar-refractivity contribution in [2.75, 3.05) is 6.54 Å². The molecule has 0 spiro atoms. The second-order valence-electron chi connectivity index (χ2n) is 7.60. The average Bonchev–Trinajstić information content (AvgIpc) is 2.23.